The van der Waals surface area contributed by atoms with Crippen molar-refractivity contribution in [2.24, 2.45) is 10.9 Å². The molecule has 0 heterocycles. The molecule has 0 aliphatic rings. The molecule has 0 atom stereocenters. The summed E-state index contributed by atoms with van der Waals surface area (Å²) >= 11 is 3.19. The second kappa shape index (κ2) is 5.92. The molecule has 0 aromatic heterocycles. The van der Waals surface area contributed by atoms with Gasteiger partial charge in [0.05, 0.1) is 5.56 Å². The van der Waals surface area contributed by atoms with Gasteiger partial charge in [-0.2, -0.15) is 0 Å². The SMILES string of the molecule is Cc1ccc(Oc2cc(F)cc(Br)c2)c(/C(N)=N/O)c1. The zero-order chi connectivity index (χ0) is 14.7. The Morgan fingerprint density at radius 2 is 2.05 bits per heavy atom. The lowest BCUT2D eigenvalue weighted by atomic mass is 10.1. The summed E-state index contributed by atoms with van der Waals surface area (Å²) in [4.78, 5) is 0. The number of aryl methyl sites for hydroxylation is 1. The van der Waals surface area contributed by atoms with E-state index in [1.54, 1.807) is 18.2 Å². The molecule has 3 N–H and O–H groups in total. The van der Waals surface area contributed by atoms with E-state index < -0.39 is 5.82 Å². The average molecular weight is 339 g/mol. The van der Waals surface area contributed by atoms with E-state index in [4.69, 9.17) is 15.7 Å². The van der Waals surface area contributed by atoms with Crippen LogP contribution in [0.4, 0.5) is 4.39 Å². The fraction of sp³-hybridized carbons (Fsp3) is 0.0714. The summed E-state index contributed by atoms with van der Waals surface area (Å²) in [6.07, 6.45) is 0. The monoisotopic (exact) mass is 338 g/mol. The summed E-state index contributed by atoms with van der Waals surface area (Å²) in [5.41, 5.74) is 6.98. The molecule has 4 nitrogen and oxygen atoms in total. The first-order valence-corrected chi connectivity index (χ1v) is 6.51. The first kappa shape index (κ1) is 14.3. The Kier molecular flexibility index (Phi) is 4.24. The fourth-order valence-corrected chi connectivity index (χ4v) is 2.15. The number of hydrogen-bond donors (Lipinski definition) is 2. The van der Waals surface area contributed by atoms with Crippen LogP contribution in [0.1, 0.15) is 11.1 Å². The van der Waals surface area contributed by atoms with Crippen LogP contribution in [0.2, 0.25) is 0 Å². The molecule has 20 heavy (non-hydrogen) atoms. The fourth-order valence-electron chi connectivity index (χ4n) is 1.70. The third kappa shape index (κ3) is 3.27. The second-order valence-electron chi connectivity index (χ2n) is 4.19. The van der Waals surface area contributed by atoms with E-state index in [-0.39, 0.29) is 5.84 Å². The summed E-state index contributed by atoms with van der Waals surface area (Å²) in [5, 5.41) is 11.8. The standard InChI is InChI=1S/C14H12BrFN2O2/c1-8-2-3-13(12(4-8)14(17)18-19)20-11-6-9(15)5-10(16)7-11/h2-7,19H,1H3,(H2,17,18). The highest BCUT2D eigenvalue weighted by atomic mass is 79.9. The van der Waals surface area contributed by atoms with E-state index in [1.807, 2.05) is 13.0 Å². The van der Waals surface area contributed by atoms with Crippen LogP contribution >= 0.6 is 15.9 Å². The molecule has 0 amide bonds. The van der Waals surface area contributed by atoms with Gasteiger partial charge in [0.1, 0.15) is 17.3 Å². The van der Waals surface area contributed by atoms with Gasteiger partial charge in [-0.3, -0.25) is 0 Å². The molecule has 0 unspecified atom stereocenters. The zero-order valence-corrected chi connectivity index (χ0v) is 12.2. The minimum absolute atomic E-state index is 0.0702. The average Bonchev–Trinajstić information content (AvgIpc) is 2.38. The maximum absolute atomic E-state index is 13.3. The Morgan fingerprint density at radius 3 is 2.70 bits per heavy atom. The number of ether oxygens (including phenoxy) is 1. The lowest BCUT2D eigenvalue weighted by Gasteiger charge is -2.11. The molecule has 104 valence electrons. The molecule has 0 saturated heterocycles. The van der Waals surface area contributed by atoms with Crippen molar-refractivity contribution in [2.45, 2.75) is 6.92 Å². The van der Waals surface area contributed by atoms with Crippen molar-refractivity contribution in [3.8, 4) is 11.5 Å². The Balaban J connectivity index is 2.43. The van der Waals surface area contributed by atoms with Crippen molar-refractivity contribution in [3.05, 3.63) is 57.8 Å². The molecule has 0 radical (unpaired) electrons. The van der Waals surface area contributed by atoms with Gasteiger partial charge in [-0.1, -0.05) is 32.7 Å². The van der Waals surface area contributed by atoms with Gasteiger partial charge in [0.2, 0.25) is 0 Å². The van der Waals surface area contributed by atoms with Gasteiger partial charge in [-0.05, 0) is 31.2 Å². The number of nitrogens with zero attached hydrogens (tertiary/aromatic N) is 1. The molecule has 0 saturated carbocycles. The van der Waals surface area contributed by atoms with Crippen LogP contribution in [0, 0.1) is 12.7 Å². The van der Waals surface area contributed by atoms with Gasteiger partial charge in [0.25, 0.3) is 0 Å². The highest BCUT2D eigenvalue weighted by Crippen LogP contribution is 2.29. The third-order valence-electron chi connectivity index (χ3n) is 2.58. The summed E-state index contributed by atoms with van der Waals surface area (Å²) in [6.45, 7) is 1.87. The largest absolute Gasteiger partial charge is 0.456 e. The van der Waals surface area contributed by atoms with Gasteiger partial charge < -0.3 is 15.7 Å². The predicted octanol–water partition coefficient (Wildman–Crippen LogP) is 3.78. The Hall–Kier alpha value is -2.08. The van der Waals surface area contributed by atoms with Crippen LogP contribution in [0.5, 0.6) is 11.5 Å². The molecule has 0 bridgehead atoms. The minimum atomic E-state index is -0.424. The van der Waals surface area contributed by atoms with E-state index in [2.05, 4.69) is 21.1 Å². The molecule has 2 aromatic rings. The quantitative estimate of drug-likeness (QED) is 0.387. The Bertz CT molecular complexity index is 654. The van der Waals surface area contributed by atoms with Gasteiger partial charge in [-0.15, -0.1) is 0 Å². The second-order valence-corrected chi connectivity index (χ2v) is 5.11. The van der Waals surface area contributed by atoms with Crippen LogP contribution in [-0.4, -0.2) is 11.0 Å². The maximum atomic E-state index is 13.3. The normalized spacial score (nSPS) is 11.4. The summed E-state index contributed by atoms with van der Waals surface area (Å²) < 4.78 is 19.5. The van der Waals surface area contributed by atoms with Gasteiger partial charge in [0, 0.05) is 10.5 Å². The molecule has 0 aliphatic carbocycles. The smallest absolute Gasteiger partial charge is 0.173 e. The highest BCUT2D eigenvalue weighted by molar-refractivity contribution is 9.10. The number of hydrogen-bond acceptors (Lipinski definition) is 3. The molecular formula is C14H12BrFN2O2. The molecule has 0 aliphatic heterocycles. The van der Waals surface area contributed by atoms with Gasteiger partial charge in [0.15, 0.2) is 5.84 Å². The maximum Gasteiger partial charge on any atom is 0.173 e. The number of amidine groups is 1. The Morgan fingerprint density at radius 1 is 1.30 bits per heavy atom. The number of oxime groups is 1. The first-order valence-electron chi connectivity index (χ1n) is 5.72. The molecule has 6 heteroatoms. The lowest BCUT2D eigenvalue weighted by Crippen LogP contribution is -2.14. The number of nitrogens with two attached hydrogens (primary N) is 1. The summed E-state index contributed by atoms with van der Waals surface area (Å²) in [5.74, 6) is 0.196. The third-order valence-corrected chi connectivity index (χ3v) is 3.04. The summed E-state index contributed by atoms with van der Waals surface area (Å²) in [7, 11) is 0. The van der Waals surface area contributed by atoms with Gasteiger partial charge >= 0.3 is 0 Å². The van der Waals surface area contributed by atoms with Crippen LogP contribution < -0.4 is 10.5 Å². The van der Waals surface area contributed by atoms with Crippen LogP contribution in [0.25, 0.3) is 0 Å². The van der Waals surface area contributed by atoms with E-state index in [0.29, 0.717) is 21.5 Å². The van der Waals surface area contributed by atoms with Crippen molar-refractivity contribution in [1.29, 1.82) is 0 Å². The first-order chi connectivity index (χ1) is 9.49. The number of benzene rings is 2. The van der Waals surface area contributed by atoms with E-state index in [1.165, 1.54) is 12.1 Å². The highest BCUT2D eigenvalue weighted by Gasteiger charge is 2.10. The van der Waals surface area contributed by atoms with Crippen LogP contribution in [-0.2, 0) is 0 Å². The zero-order valence-electron chi connectivity index (χ0n) is 10.6. The summed E-state index contributed by atoms with van der Waals surface area (Å²) in [6, 6.07) is 9.42. The van der Waals surface area contributed by atoms with Crippen molar-refractivity contribution in [2.75, 3.05) is 0 Å². The van der Waals surface area contributed by atoms with Crippen molar-refractivity contribution < 1.29 is 14.3 Å². The van der Waals surface area contributed by atoms with Crippen LogP contribution in [0.3, 0.4) is 0 Å². The van der Waals surface area contributed by atoms with E-state index >= 15 is 0 Å². The molecule has 2 aromatic carbocycles. The van der Waals surface area contributed by atoms with Crippen LogP contribution in [0.15, 0.2) is 46.0 Å². The minimum Gasteiger partial charge on any atom is -0.456 e. The topological polar surface area (TPSA) is 67.8 Å². The predicted molar refractivity (Wildman–Crippen MR) is 77.9 cm³/mol. The van der Waals surface area contributed by atoms with Gasteiger partial charge in [-0.25, -0.2) is 4.39 Å². The van der Waals surface area contributed by atoms with E-state index in [9.17, 15) is 4.39 Å². The van der Waals surface area contributed by atoms with Crippen molar-refractivity contribution in [1.82, 2.24) is 0 Å². The molecular weight excluding hydrogens is 327 g/mol. The van der Waals surface area contributed by atoms with Crippen molar-refractivity contribution >= 4 is 21.8 Å². The Labute approximate surface area is 123 Å². The molecule has 0 spiro atoms. The number of halogens is 2. The number of rotatable bonds is 3. The van der Waals surface area contributed by atoms with E-state index in [0.717, 1.165) is 5.56 Å². The molecule has 2 rings (SSSR count). The molecule has 0 fully saturated rings. The van der Waals surface area contributed by atoms with Crippen molar-refractivity contribution in [3.63, 3.8) is 0 Å². The lowest BCUT2D eigenvalue weighted by molar-refractivity contribution is 0.318.